The smallest absolute Gasteiger partial charge is 0.475 e. The van der Waals surface area contributed by atoms with Gasteiger partial charge in [-0.1, -0.05) is 25.8 Å². The molecule has 0 aliphatic carbocycles. The standard InChI is InChI=1S/C25H32F3N3O3S.C2HF3O2/c1-2-3-4-14-31-15-12-19(13-16-31)18-29-35(33,34)23-10-8-20(9-11-23)24(32)30-22-7-5-6-21(17-22)25(26,27)28;3-2(4,5)1(6)7/h5-11,17,19,29H,2-4,12-16,18H2,1H3,(H,30,32);(H,6,7). The molecule has 1 fully saturated rings. The number of hydrogen-bond acceptors (Lipinski definition) is 5. The molecule has 8 nitrogen and oxygen atoms in total. The lowest BCUT2D eigenvalue weighted by Gasteiger charge is -2.32. The van der Waals surface area contributed by atoms with Crippen LogP contribution in [0.5, 0.6) is 0 Å². The summed E-state index contributed by atoms with van der Waals surface area (Å²) in [5, 5.41) is 9.53. The highest BCUT2D eigenvalue weighted by Gasteiger charge is 2.38. The minimum atomic E-state index is -5.08. The van der Waals surface area contributed by atoms with Gasteiger partial charge in [-0.2, -0.15) is 26.3 Å². The second-order valence-electron chi connectivity index (χ2n) is 9.70. The molecule has 0 aromatic heterocycles. The Kier molecular flexibility index (Phi) is 12.8. The lowest BCUT2D eigenvalue weighted by atomic mass is 9.97. The molecule has 234 valence electrons. The number of carboxylic acid groups (broad SMARTS) is 1. The number of sulfonamides is 1. The van der Waals surface area contributed by atoms with Gasteiger partial charge in [-0.25, -0.2) is 17.9 Å². The van der Waals surface area contributed by atoms with Gasteiger partial charge < -0.3 is 15.3 Å². The van der Waals surface area contributed by atoms with Crippen LogP contribution in [0.15, 0.2) is 53.4 Å². The molecule has 3 N–H and O–H groups in total. The van der Waals surface area contributed by atoms with Crippen LogP contribution in [0.25, 0.3) is 0 Å². The molecule has 42 heavy (non-hydrogen) atoms. The molecule has 1 amide bonds. The van der Waals surface area contributed by atoms with E-state index in [0.29, 0.717) is 6.54 Å². The second-order valence-corrected chi connectivity index (χ2v) is 11.5. The first-order valence-electron chi connectivity index (χ1n) is 13.1. The van der Waals surface area contributed by atoms with Crippen molar-refractivity contribution in [1.82, 2.24) is 9.62 Å². The molecule has 3 rings (SSSR count). The quantitative estimate of drug-likeness (QED) is 0.228. The average molecular weight is 626 g/mol. The molecule has 0 atom stereocenters. The molecule has 1 aliphatic heterocycles. The summed E-state index contributed by atoms with van der Waals surface area (Å²) in [7, 11) is -3.73. The Morgan fingerprint density at radius 2 is 1.57 bits per heavy atom. The predicted octanol–water partition coefficient (Wildman–Crippen LogP) is 5.77. The molecule has 1 saturated heterocycles. The number of likely N-dealkylation sites (tertiary alicyclic amines) is 1. The zero-order chi connectivity index (χ0) is 31.6. The van der Waals surface area contributed by atoms with Crippen molar-refractivity contribution in [2.75, 3.05) is 31.5 Å². The number of aliphatic carboxylic acids is 1. The Morgan fingerprint density at radius 3 is 2.10 bits per heavy atom. The summed E-state index contributed by atoms with van der Waals surface area (Å²) in [6.45, 7) is 5.60. The number of nitrogens with zero attached hydrogens (tertiary/aromatic N) is 1. The van der Waals surface area contributed by atoms with Crippen LogP contribution < -0.4 is 10.0 Å². The third-order valence-corrected chi connectivity index (χ3v) is 7.90. The molecule has 2 aromatic carbocycles. The third-order valence-electron chi connectivity index (χ3n) is 6.46. The Morgan fingerprint density at radius 1 is 0.976 bits per heavy atom. The van der Waals surface area contributed by atoms with Crippen LogP contribution in [0.3, 0.4) is 0 Å². The summed E-state index contributed by atoms with van der Waals surface area (Å²) in [4.78, 5) is 23.8. The van der Waals surface area contributed by atoms with E-state index in [1.54, 1.807) is 0 Å². The number of rotatable bonds is 10. The van der Waals surface area contributed by atoms with E-state index in [-0.39, 0.29) is 22.1 Å². The van der Waals surface area contributed by atoms with E-state index in [2.05, 4.69) is 21.9 Å². The van der Waals surface area contributed by atoms with Gasteiger partial charge in [0.15, 0.2) is 0 Å². The molecular weight excluding hydrogens is 592 g/mol. The number of amides is 1. The van der Waals surface area contributed by atoms with Gasteiger partial charge in [0, 0.05) is 17.8 Å². The number of carboxylic acids is 1. The van der Waals surface area contributed by atoms with Crippen LogP contribution >= 0.6 is 0 Å². The molecule has 0 unspecified atom stereocenters. The van der Waals surface area contributed by atoms with Crippen molar-refractivity contribution in [3.63, 3.8) is 0 Å². The fraction of sp³-hybridized carbons (Fsp3) is 0.481. The fourth-order valence-corrected chi connectivity index (χ4v) is 5.19. The monoisotopic (exact) mass is 625 g/mol. The number of nitrogens with one attached hydrogen (secondary N) is 2. The van der Waals surface area contributed by atoms with E-state index in [1.165, 1.54) is 55.7 Å². The minimum Gasteiger partial charge on any atom is -0.475 e. The number of alkyl halides is 6. The number of halogens is 6. The van der Waals surface area contributed by atoms with Gasteiger partial charge in [0.05, 0.1) is 10.5 Å². The number of carbonyl (C=O) groups excluding carboxylic acids is 1. The Hall–Kier alpha value is -3.17. The Balaban J connectivity index is 0.000000782. The fourth-order valence-electron chi connectivity index (χ4n) is 4.07. The topological polar surface area (TPSA) is 116 Å². The van der Waals surface area contributed by atoms with Gasteiger partial charge in [0.25, 0.3) is 5.91 Å². The number of carbonyl (C=O) groups is 2. The zero-order valence-corrected chi connectivity index (χ0v) is 23.6. The number of hydrogen-bond donors (Lipinski definition) is 3. The van der Waals surface area contributed by atoms with E-state index in [1.807, 2.05) is 0 Å². The van der Waals surface area contributed by atoms with Crippen molar-refractivity contribution >= 4 is 27.6 Å². The van der Waals surface area contributed by atoms with Crippen molar-refractivity contribution < 1.29 is 49.5 Å². The van der Waals surface area contributed by atoms with E-state index < -0.39 is 39.8 Å². The molecule has 0 spiro atoms. The maximum atomic E-state index is 12.9. The van der Waals surface area contributed by atoms with Gasteiger partial charge in [-0.3, -0.25) is 4.79 Å². The first kappa shape index (κ1) is 35.0. The maximum absolute atomic E-state index is 12.9. The highest BCUT2D eigenvalue weighted by molar-refractivity contribution is 7.89. The molecule has 1 aliphatic rings. The van der Waals surface area contributed by atoms with Gasteiger partial charge >= 0.3 is 18.3 Å². The summed E-state index contributed by atoms with van der Waals surface area (Å²) in [5.41, 5.74) is -0.735. The van der Waals surface area contributed by atoms with Gasteiger partial charge in [-0.15, -0.1) is 0 Å². The summed E-state index contributed by atoms with van der Waals surface area (Å²) in [6.07, 6.45) is -4.09. The molecule has 0 saturated carbocycles. The number of unbranched alkanes of at least 4 members (excludes halogenated alkanes) is 2. The average Bonchev–Trinajstić information content (AvgIpc) is 2.92. The molecular formula is C27H33F6N3O5S. The molecule has 1 heterocycles. The first-order chi connectivity index (χ1) is 19.5. The lowest BCUT2D eigenvalue weighted by molar-refractivity contribution is -0.192. The van der Waals surface area contributed by atoms with Crippen LogP contribution in [0.1, 0.15) is 54.9 Å². The van der Waals surface area contributed by atoms with Gasteiger partial charge in [0.1, 0.15) is 0 Å². The highest BCUT2D eigenvalue weighted by Crippen LogP contribution is 2.30. The Labute approximate surface area is 240 Å². The molecule has 0 bridgehead atoms. The van der Waals surface area contributed by atoms with Gasteiger partial charge in [0.2, 0.25) is 10.0 Å². The van der Waals surface area contributed by atoms with E-state index in [4.69, 9.17) is 9.90 Å². The van der Waals surface area contributed by atoms with Crippen LogP contribution in [0.4, 0.5) is 32.0 Å². The number of piperidine rings is 1. The second kappa shape index (κ2) is 15.3. The highest BCUT2D eigenvalue weighted by atomic mass is 32.2. The summed E-state index contributed by atoms with van der Waals surface area (Å²) in [6, 6.07) is 9.63. The van der Waals surface area contributed by atoms with Crippen molar-refractivity contribution in [2.45, 2.75) is 56.3 Å². The summed E-state index contributed by atoms with van der Waals surface area (Å²) >= 11 is 0. The maximum Gasteiger partial charge on any atom is 0.490 e. The summed E-state index contributed by atoms with van der Waals surface area (Å²) < 4.78 is 98.4. The Bertz CT molecular complexity index is 1280. The minimum absolute atomic E-state index is 0.000370. The molecule has 2 aromatic rings. The normalized spacial score (nSPS) is 15.0. The van der Waals surface area contributed by atoms with E-state index in [9.17, 15) is 39.6 Å². The van der Waals surface area contributed by atoms with Crippen LogP contribution in [0, 0.1) is 5.92 Å². The largest absolute Gasteiger partial charge is 0.490 e. The first-order valence-corrected chi connectivity index (χ1v) is 14.6. The van der Waals surface area contributed by atoms with Gasteiger partial charge in [-0.05, 0) is 87.3 Å². The zero-order valence-electron chi connectivity index (χ0n) is 22.8. The number of benzene rings is 2. The van der Waals surface area contributed by atoms with E-state index in [0.717, 1.165) is 44.6 Å². The lowest BCUT2D eigenvalue weighted by Crippen LogP contribution is -2.39. The van der Waals surface area contributed by atoms with E-state index >= 15 is 0 Å². The summed E-state index contributed by atoms with van der Waals surface area (Å²) in [5.74, 6) is -3.11. The molecule has 0 radical (unpaired) electrons. The van der Waals surface area contributed by atoms with Crippen molar-refractivity contribution in [2.24, 2.45) is 5.92 Å². The molecule has 15 heteroatoms. The van der Waals surface area contributed by atoms with Crippen LogP contribution in [-0.2, 0) is 21.0 Å². The van der Waals surface area contributed by atoms with Crippen LogP contribution in [-0.4, -0.2) is 62.7 Å². The van der Waals surface area contributed by atoms with Crippen LogP contribution in [0.2, 0.25) is 0 Å². The third kappa shape index (κ3) is 11.6. The van der Waals surface area contributed by atoms with Crippen molar-refractivity contribution in [1.29, 1.82) is 0 Å². The van der Waals surface area contributed by atoms with Crippen molar-refractivity contribution in [3.05, 3.63) is 59.7 Å². The number of anilines is 1. The SMILES string of the molecule is CCCCCN1CCC(CNS(=O)(=O)c2ccc(C(=O)Nc3cccc(C(F)(F)F)c3)cc2)CC1.O=C(O)C(F)(F)F. The predicted molar refractivity (Wildman–Crippen MR) is 143 cm³/mol. The van der Waals surface area contributed by atoms with Crippen molar-refractivity contribution in [3.8, 4) is 0 Å².